The van der Waals surface area contributed by atoms with Crippen molar-refractivity contribution in [3.05, 3.63) is 77.5 Å². The van der Waals surface area contributed by atoms with Gasteiger partial charge in [0.15, 0.2) is 0 Å². The molecule has 0 saturated carbocycles. The normalized spacial score (nSPS) is 11.0. The Morgan fingerprint density at radius 3 is 2.67 bits per heavy atom. The molecule has 134 valence electrons. The lowest BCUT2D eigenvalue weighted by molar-refractivity contribution is -0.117. The SMILES string of the molecule is N#C/C(=C\c1ccc(-c2ccccc2C(=O)O)o1)C(=O)NCc1ccco1. The van der Waals surface area contributed by atoms with Crippen molar-refractivity contribution in [3.63, 3.8) is 0 Å². The number of hydrogen-bond acceptors (Lipinski definition) is 5. The predicted molar refractivity (Wildman–Crippen MR) is 95.2 cm³/mol. The van der Waals surface area contributed by atoms with Gasteiger partial charge in [0, 0.05) is 11.6 Å². The van der Waals surface area contributed by atoms with Crippen LogP contribution in [-0.4, -0.2) is 17.0 Å². The molecule has 1 amide bonds. The van der Waals surface area contributed by atoms with E-state index in [2.05, 4.69) is 5.32 Å². The third kappa shape index (κ3) is 4.14. The van der Waals surface area contributed by atoms with Gasteiger partial charge in [0.2, 0.25) is 0 Å². The summed E-state index contributed by atoms with van der Waals surface area (Å²) < 4.78 is 10.7. The van der Waals surface area contributed by atoms with E-state index in [1.807, 2.05) is 6.07 Å². The van der Waals surface area contributed by atoms with E-state index in [0.29, 0.717) is 17.1 Å². The van der Waals surface area contributed by atoms with Crippen molar-refractivity contribution in [2.75, 3.05) is 0 Å². The Morgan fingerprint density at radius 1 is 1.15 bits per heavy atom. The van der Waals surface area contributed by atoms with Gasteiger partial charge in [0.05, 0.1) is 18.4 Å². The molecule has 0 fully saturated rings. The summed E-state index contributed by atoms with van der Waals surface area (Å²) in [6, 6.07) is 14.8. The number of carbonyl (C=O) groups excluding carboxylic acids is 1. The Bertz CT molecular complexity index is 1040. The number of nitriles is 1. The van der Waals surface area contributed by atoms with Gasteiger partial charge in [0.1, 0.15) is 28.9 Å². The van der Waals surface area contributed by atoms with Gasteiger partial charge >= 0.3 is 5.97 Å². The first kappa shape index (κ1) is 17.8. The van der Waals surface area contributed by atoms with Crippen LogP contribution < -0.4 is 5.32 Å². The van der Waals surface area contributed by atoms with Gasteiger partial charge < -0.3 is 19.3 Å². The second-order valence-corrected chi connectivity index (χ2v) is 5.48. The minimum absolute atomic E-state index is 0.0964. The minimum atomic E-state index is -1.07. The molecule has 3 aromatic rings. The molecule has 0 radical (unpaired) electrons. The summed E-state index contributed by atoms with van der Waals surface area (Å²) >= 11 is 0. The van der Waals surface area contributed by atoms with E-state index in [1.165, 1.54) is 18.4 Å². The summed E-state index contributed by atoms with van der Waals surface area (Å²) in [6.45, 7) is 0.153. The number of nitrogens with zero attached hydrogens (tertiary/aromatic N) is 1. The van der Waals surface area contributed by atoms with E-state index in [4.69, 9.17) is 8.83 Å². The molecule has 0 aliphatic rings. The first-order valence-electron chi connectivity index (χ1n) is 7.93. The van der Waals surface area contributed by atoms with E-state index in [-0.39, 0.29) is 23.4 Å². The van der Waals surface area contributed by atoms with Crippen LogP contribution in [0.3, 0.4) is 0 Å². The van der Waals surface area contributed by atoms with Gasteiger partial charge in [-0.15, -0.1) is 0 Å². The van der Waals surface area contributed by atoms with Crippen molar-refractivity contribution in [1.82, 2.24) is 5.32 Å². The molecule has 0 atom stereocenters. The highest BCUT2D eigenvalue weighted by Crippen LogP contribution is 2.26. The lowest BCUT2D eigenvalue weighted by Gasteiger charge is -2.02. The van der Waals surface area contributed by atoms with Crippen LogP contribution in [0.1, 0.15) is 21.9 Å². The zero-order valence-electron chi connectivity index (χ0n) is 14.0. The van der Waals surface area contributed by atoms with Crippen molar-refractivity contribution < 1.29 is 23.5 Å². The quantitative estimate of drug-likeness (QED) is 0.512. The number of hydrogen-bond donors (Lipinski definition) is 2. The maximum atomic E-state index is 12.1. The number of nitrogens with one attached hydrogen (secondary N) is 1. The van der Waals surface area contributed by atoms with Gasteiger partial charge in [-0.1, -0.05) is 18.2 Å². The Labute approximate surface area is 154 Å². The molecule has 0 aliphatic carbocycles. The molecular weight excluding hydrogens is 348 g/mol. The topological polar surface area (TPSA) is 116 Å². The van der Waals surface area contributed by atoms with Crippen LogP contribution in [0.4, 0.5) is 0 Å². The van der Waals surface area contributed by atoms with E-state index in [1.54, 1.807) is 42.5 Å². The standard InChI is InChI=1S/C20H14N2O5/c21-11-13(19(23)22-12-15-4-3-9-26-15)10-14-7-8-18(27-14)16-5-1-2-6-17(16)20(24)25/h1-10H,12H2,(H,22,23)(H,24,25)/b13-10+. The van der Waals surface area contributed by atoms with Crippen LogP contribution in [0.2, 0.25) is 0 Å². The Balaban J connectivity index is 1.80. The van der Waals surface area contributed by atoms with Crippen LogP contribution in [0.25, 0.3) is 17.4 Å². The first-order valence-corrected chi connectivity index (χ1v) is 7.93. The molecule has 0 saturated heterocycles. The van der Waals surface area contributed by atoms with Gasteiger partial charge in [-0.3, -0.25) is 4.79 Å². The van der Waals surface area contributed by atoms with Crippen LogP contribution >= 0.6 is 0 Å². The molecule has 3 rings (SSSR count). The monoisotopic (exact) mass is 362 g/mol. The maximum Gasteiger partial charge on any atom is 0.336 e. The van der Waals surface area contributed by atoms with Crippen molar-refractivity contribution in [1.29, 1.82) is 5.26 Å². The minimum Gasteiger partial charge on any atom is -0.478 e. The number of benzene rings is 1. The number of rotatable bonds is 6. The molecule has 27 heavy (non-hydrogen) atoms. The molecule has 0 bridgehead atoms. The number of carbonyl (C=O) groups is 2. The largest absolute Gasteiger partial charge is 0.478 e. The maximum absolute atomic E-state index is 12.1. The van der Waals surface area contributed by atoms with Crippen molar-refractivity contribution in [2.24, 2.45) is 0 Å². The summed E-state index contributed by atoms with van der Waals surface area (Å²) in [5.41, 5.74) is 0.360. The van der Waals surface area contributed by atoms with Crippen LogP contribution in [0.5, 0.6) is 0 Å². The first-order chi connectivity index (χ1) is 13.1. The molecule has 0 unspecified atom stereocenters. The smallest absolute Gasteiger partial charge is 0.336 e. The summed E-state index contributed by atoms with van der Waals surface area (Å²) in [4.78, 5) is 23.5. The lowest BCUT2D eigenvalue weighted by Crippen LogP contribution is -2.23. The zero-order chi connectivity index (χ0) is 19.2. The molecule has 2 aromatic heterocycles. The molecular formula is C20H14N2O5. The van der Waals surface area contributed by atoms with Gasteiger partial charge in [-0.2, -0.15) is 5.26 Å². The third-order valence-electron chi connectivity index (χ3n) is 3.70. The van der Waals surface area contributed by atoms with E-state index < -0.39 is 11.9 Å². The summed E-state index contributed by atoms with van der Waals surface area (Å²) in [5, 5.41) is 21.1. The average Bonchev–Trinajstić information content (AvgIpc) is 3.36. The molecule has 0 spiro atoms. The molecule has 1 aromatic carbocycles. The highest BCUT2D eigenvalue weighted by Gasteiger charge is 2.15. The Kier molecular flexibility index (Phi) is 5.19. The van der Waals surface area contributed by atoms with Crippen LogP contribution in [0.15, 0.2) is 69.2 Å². The summed E-state index contributed by atoms with van der Waals surface area (Å²) in [5.74, 6) is -0.500. The van der Waals surface area contributed by atoms with Gasteiger partial charge in [0.25, 0.3) is 5.91 Å². The number of amides is 1. The Hall–Kier alpha value is -4.05. The van der Waals surface area contributed by atoms with Crippen LogP contribution in [0, 0.1) is 11.3 Å². The van der Waals surface area contributed by atoms with Crippen LogP contribution in [-0.2, 0) is 11.3 Å². The zero-order valence-corrected chi connectivity index (χ0v) is 14.0. The van der Waals surface area contributed by atoms with E-state index >= 15 is 0 Å². The second kappa shape index (κ2) is 7.89. The molecule has 7 heteroatoms. The number of carboxylic acids is 1. The molecule has 2 N–H and O–H groups in total. The van der Waals surface area contributed by atoms with Crippen molar-refractivity contribution in [3.8, 4) is 17.4 Å². The van der Waals surface area contributed by atoms with Crippen molar-refractivity contribution in [2.45, 2.75) is 6.54 Å². The summed E-state index contributed by atoms with van der Waals surface area (Å²) in [7, 11) is 0. The van der Waals surface area contributed by atoms with E-state index in [9.17, 15) is 20.0 Å². The number of carboxylic acid groups (broad SMARTS) is 1. The molecule has 7 nitrogen and oxygen atoms in total. The van der Waals surface area contributed by atoms with Crippen molar-refractivity contribution >= 4 is 18.0 Å². The van der Waals surface area contributed by atoms with E-state index in [0.717, 1.165) is 0 Å². The fourth-order valence-electron chi connectivity index (χ4n) is 2.43. The number of aromatic carboxylic acids is 1. The Morgan fingerprint density at radius 2 is 1.96 bits per heavy atom. The highest BCUT2D eigenvalue weighted by atomic mass is 16.4. The predicted octanol–water partition coefficient (Wildman–Crippen LogP) is 3.46. The van der Waals surface area contributed by atoms with Gasteiger partial charge in [-0.05, 0) is 30.3 Å². The highest BCUT2D eigenvalue weighted by molar-refractivity contribution is 6.01. The molecule has 2 heterocycles. The fourth-order valence-corrected chi connectivity index (χ4v) is 2.43. The molecule has 0 aliphatic heterocycles. The lowest BCUT2D eigenvalue weighted by atomic mass is 10.1. The average molecular weight is 362 g/mol. The number of furan rings is 2. The summed E-state index contributed by atoms with van der Waals surface area (Å²) in [6.07, 6.45) is 2.78. The van der Waals surface area contributed by atoms with Gasteiger partial charge in [-0.25, -0.2) is 4.79 Å². The fraction of sp³-hybridized carbons (Fsp3) is 0.0500. The second-order valence-electron chi connectivity index (χ2n) is 5.48. The third-order valence-corrected chi connectivity index (χ3v) is 3.70.